The van der Waals surface area contributed by atoms with E-state index in [4.69, 9.17) is 0 Å². The summed E-state index contributed by atoms with van der Waals surface area (Å²) < 4.78 is 30.4. The molecule has 1 aromatic heterocycles. The SMILES string of the molecule is CC(C)n1c(=O)n(-c2ccc(C(=O)CN3C(=O)NC4(CCC(F)(F)CC4)C3=O)cc2)c2ccccc21. The number of halogens is 2. The molecule has 0 unspecified atom stereocenters. The van der Waals surface area contributed by atoms with Crippen molar-refractivity contribution in [2.75, 3.05) is 6.54 Å². The lowest BCUT2D eigenvalue weighted by Crippen LogP contribution is -2.51. The van der Waals surface area contributed by atoms with Gasteiger partial charge in [0.2, 0.25) is 5.92 Å². The number of amides is 3. The molecule has 2 heterocycles. The van der Waals surface area contributed by atoms with Crippen LogP contribution in [-0.2, 0) is 4.79 Å². The van der Waals surface area contributed by atoms with E-state index in [0.717, 1.165) is 15.9 Å². The topological polar surface area (TPSA) is 93.4 Å². The number of imidazole rings is 1. The number of rotatable bonds is 5. The van der Waals surface area contributed by atoms with Crippen LogP contribution in [0.3, 0.4) is 0 Å². The van der Waals surface area contributed by atoms with Gasteiger partial charge in [0.25, 0.3) is 5.91 Å². The second kappa shape index (κ2) is 8.39. The Kier molecular flexibility index (Phi) is 5.57. The molecule has 1 aliphatic heterocycles. The Morgan fingerprint density at radius 2 is 1.56 bits per heavy atom. The fourth-order valence-corrected chi connectivity index (χ4v) is 5.15. The number of hydrogen-bond acceptors (Lipinski definition) is 4. The number of carbonyl (C=O) groups is 3. The number of imide groups is 1. The van der Waals surface area contributed by atoms with Crippen LogP contribution in [-0.4, -0.2) is 49.8 Å². The van der Waals surface area contributed by atoms with E-state index in [-0.39, 0.29) is 30.1 Å². The van der Waals surface area contributed by atoms with Crippen molar-refractivity contribution in [3.8, 4) is 5.69 Å². The lowest BCUT2D eigenvalue weighted by molar-refractivity contribution is -0.135. The number of benzene rings is 2. The van der Waals surface area contributed by atoms with Gasteiger partial charge in [0.15, 0.2) is 5.78 Å². The maximum atomic E-state index is 13.6. The number of urea groups is 1. The summed E-state index contributed by atoms with van der Waals surface area (Å²) in [6.45, 7) is 3.37. The Labute approximate surface area is 205 Å². The highest BCUT2D eigenvalue weighted by Crippen LogP contribution is 2.41. The van der Waals surface area contributed by atoms with Gasteiger partial charge in [0, 0.05) is 24.4 Å². The van der Waals surface area contributed by atoms with Crippen molar-refractivity contribution in [3.05, 3.63) is 64.6 Å². The van der Waals surface area contributed by atoms with E-state index in [2.05, 4.69) is 5.32 Å². The van der Waals surface area contributed by atoms with Crippen LogP contribution in [0.1, 0.15) is 55.9 Å². The summed E-state index contributed by atoms with van der Waals surface area (Å²) in [6, 6.07) is 13.0. The van der Waals surface area contributed by atoms with Crippen molar-refractivity contribution >= 4 is 28.8 Å². The van der Waals surface area contributed by atoms with Crippen LogP contribution in [0, 0.1) is 0 Å². The number of nitrogens with zero attached hydrogens (tertiary/aromatic N) is 3. The first-order valence-electron chi connectivity index (χ1n) is 11.9. The largest absolute Gasteiger partial charge is 0.333 e. The number of aromatic nitrogens is 2. The van der Waals surface area contributed by atoms with Crippen molar-refractivity contribution in [3.63, 3.8) is 0 Å². The minimum atomic E-state index is -2.86. The Morgan fingerprint density at radius 3 is 2.17 bits per heavy atom. The summed E-state index contributed by atoms with van der Waals surface area (Å²) in [5, 5.41) is 2.54. The molecule has 1 saturated carbocycles. The molecule has 188 valence electrons. The minimum Gasteiger partial charge on any atom is -0.323 e. The third-order valence-corrected chi connectivity index (χ3v) is 7.13. The van der Waals surface area contributed by atoms with Gasteiger partial charge < -0.3 is 5.32 Å². The van der Waals surface area contributed by atoms with Gasteiger partial charge in [-0.15, -0.1) is 0 Å². The Balaban J connectivity index is 1.37. The number of alkyl halides is 2. The molecule has 0 bridgehead atoms. The van der Waals surface area contributed by atoms with Crippen molar-refractivity contribution in [2.45, 2.75) is 57.0 Å². The second-order valence-corrected chi connectivity index (χ2v) is 9.80. The molecule has 36 heavy (non-hydrogen) atoms. The normalized spacial score (nSPS) is 18.9. The molecule has 0 radical (unpaired) electrons. The van der Waals surface area contributed by atoms with E-state index in [1.807, 2.05) is 38.1 Å². The summed E-state index contributed by atoms with van der Waals surface area (Å²) in [5.74, 6) is -3.97. The first kappa shape index (κ1) is 23.9. The van der Waals surface area contributed by atoms with Crippen molar-refractivity contribution in [2.24, 2.45) is 0 Å². The molecule has 2 fully saturated rings. The number of para-hydroxylation sites is 2. The zero-order valence-corrected chi connectivity index (χ0v) is 20.0. The smallest absolute Gasteiger partial charge is 0.323 e. The number of Topliss-reactive ketones (excluding diaryl/α,β-unsaturated/α-hetero) is 1. The van der Waals surface area contributed by atoms with E-state index in [1.54, 1.807) is 33.4 Å². The molecule has 5 rings (SSSR count). The molecule has 1 spiro atoms. The van der Waals surface area contributed by atoms with Crippen LogP contribution < -0.4 is 11.0 Å². The molecule has 3 aromatic rings. The van der Waals surface area contributed by atoms with E-state index in [9.17, 15) is 28.0 Å². The standard InChI is InChI=1S/C26H26F2N4O4/c1-16(2)31-19-5-3-4-6-20(19)32(24(31)36)18-9-7-17(8-10-18)21(33)15-30-22(34)25(29-23(30)35)11-13-26(27,28)14-12-25/h3-10,16H,11-15H2,1-2H3,(H,29,35). The molecule has 0 atom stereocenters. The highest BCUT2D eigenvalue weighted by molar-refractivity contribution is 6.11. The summed E-state index contributed by atoms with van der Waals surface area (Å²) in [7, 11) is 0. The van der Waals surface area contributed by atoms with E-state index < -0.39 is 48.6 Å². The molecule has 2 aromatic carbocycles. The zero-order chi connectivity index (χ0) is 25.8. The van der Waals surface area contributed by atoms with Gasteiger partial charge in [-0.3, -0.25) is 23.6 Å². The molecule has 1 N–H and O–H groups in total. The number of hydrogen-bond donors (Lipinski definition) is 1. The van der Waals surface area contributed by atoms with Crippen molar-refractivity contribution in [1.29, 1.82) is 0 Å². The lowest BCUT2D eigenvalue weighted by atomic mass is 9.80. The summed E-state index contributed by atoms with van der Waals surface area (Å²) in [6.07, 6.45) is -1.31. The summed E-state index contributed by atoms with van der Waals surface area (Å²) >= 11 is 0. The van der Waals surface area contributed by atoms with Crippen molar-refractivity contribution in [1.82, 2.24) is 19.4 Å². The molecule has 3 amide bonds. The molecule has 1 saturated heterocycles. The predicted molar refractivity (Wildman–Crippen MR) is 129 cm³/mol. The maximum Gasteiger partial charge on any atom is 0.333 e. The minimum absolute atomic E-state index is 0.0488. The van der Waals surface area contributed by atoms with Crippen LogP contribution in [0.2, 0.25) is 0 Å². The van der Waals surface area contributed by atoms with Gasteiger partial charge in [0.05, 0.1) is 23.3 Å². The predicted octanol–water partition coefficient (Wildman–Crippen LogP) is 4.06. The van der Waals surface area contributed by atoms with Crippen molar-refractivity contribution < 1.29 is 23.2 Å². The maximum absolute atomic E-state index is 13.6. The third kappa shape index (κ3) is 3.81. The lowest BCUT2D eigenvalue weighted by Gasteiger charge is -2.34. The average Bonchev–Trinajstić information content (AvgIpc) is 3.26. The molecular formula is C26H26F2N4O4. The Bertz CT molecular complexity index is 1430. The van der Waals surface area contributed by atoms with E-state index in [0.29, 0.717) is 5.69 Å². The van der Waals surface area contributed by atoms with Crippen LogP contribution >= 0.6 is 0 Å². The average molecular weight is 497 g/mol. The second-order valence-electron chi connectivity index (χ2n) is 9.80. The van der Waals surface area contributed by atoms with Gasteiger partial charge in [-0.05, 0) is 63.1 Å². The fraction of sp³-hybridized carbons (Fsp3) is 0.385. The van der Waals surface area contributed by atoms with Gasteiger partial charge in [-0.25, -0.2) is 18.4 Å². The Morgan fingerprint density at radius 1 is 0.944 bits per heavy atom. The van der Waals surface area contributed by atoms with Gasteiger partial charge in [0.1, 0.15) is 5.54 Å². The molecule has 1 aliphatic carbocycles. The van der Waals surface area contributed by atoms with E-state index in [1.165, 1.54) is 0 Å². The monoisotopic (exact) mass is 496 g/mol. The number of carbonyl (C=O) groups excluding carboxylic acids is 3. The first-order chi connectivity index (χ1) is 17.0. The zero-order valence-electron chi connectivity index (χ0n) is 20.0. The number of nitrogens with one attached hydrogen (secondary N) is 1. The van der Waals surface area contributed by atoms with E-state index >= 15 is 0 Å². The fourth-order valence-electron chi connectivity index (χ4n) is 5.15. The molecule has 2 aliphatic rings. The first-order valence-corrected chi connectivity index (χ1v) is 11.9. The molecule has 8 nitrogen and oxygen atoms in total. The van der Waals surface area contributed by atoms with Gasteiger partial charge in [-0.2, -0.15) is 0 Å². The van der Waals surface area contributed by atoms with Crippen LogP contribution in [0.4, 0.5) is 13.6 Å². The number of ketones is 1. The third-order valence-electron chi connectivity index (χ3n) is 7.13. The van der Waals surface area contributed by atoms with Gasteiger partial charge >= 0.3 is 11.7 Å². The quantitative estimate of drug-likeness (QED) is 0.426. The van der Waals surface area contributed by atoms with Crippen LogP contribution in [0.15, 0.2) is 53.3 Å². The van der Waals surface area contributed by atoms with Gasteiger partial charge in [-0.1, -0.05) is 12.1 Å². The van der Waals surface area contributed by atoms with Crippen LogP contribution in [0.25, 0.3) is 16.7 Å². The molecule has 10 heteroatoms. The summed E-state index contributed by atoms with van der Waals surface area (Å²) in [5.41, 5.74) is 0.797. The molecular weight excluding hydrogens is 470 g/mol. The highest BCUT2D eigenvalue weighted by atomic mass is 19.3. The Hall–Kier alpha value is -3.82. The summed E-state index contributed by atoms with van der Waals surface area (Å²) in [4.78, 5) is 52.3. The number of fused-ring (bicyclic) bond motifs is 1. The highest BCUT2D eigenvalue weighted by Gasteiger charge is 2.55. The van der Waals surface area contributed by atoms with Crippen LogP contribution in [0.5, 0.6) is 0 Å².